The van der Waals surface area contributed by atoms with Crippen molar-refractivity contribution in [3.8, 4) is 0 Å². The first kappa shape index (κ1) is 10.6. The van der Waals surface area contributed by atoms with Gasteiger partial charge in [-0.2, -0.15) is 0 Å². The van der Waals surface area contributed by atoms with Gasteiger partial charge in [-0.25, -0.2) is 0 Å². The maximum absolute atomic E-state index is 11.2. The number of likely N-dealkylation sites (tertiary alicyclic amines) is 1. The lowest BCUT2D eigenvalue weighted by molar-refractivity contribution is -0.131. The highest BCUT2D eigenvalue weighted by Crippen LogP contribution is 2.25. The standard InChI is InChI=1S/C11H21NO/c1-4-9(2)11-6-5-7-12(8-11)10(3)13/h9,11H,4-8H2,1-3H3. The Balaban J connectivity index is 2.46. The minimum Gasteiger partial charge on any atom is -0.343 e. The molecule has 0 aromatic heterocycles. The molecule has 0 aromatic carbocycles. The Morgan fingerprint density at radius 1 is 1.62 bits per heavy atom. The largest absolute Gasteiger partial charge is 0.343 e. The van der Waals surface area contributed by atoms with Gasteiger partial charge in [-0.3, -0.25) is 4.79 Å². The fourth-order valence-corrected chi connectivity index (χ4v) is 2.09. The Morgan fingerprint density at radius 3 is 2.85 bits per heavy atom. The van der Waals surface area contributed by atoms with Crippen LogP contribution < -0.4 is 0 Å². The van der Waals surface area contributed by atoms with E-state index < -0.39 is 0 Å². The molecule has 0 bridgehead atoms. The Morgan fingerprint density at radius 2 is 2.31 bits per heavy atom. The second kappa shape index (κ2) is 4.64. The van der Waals surface area contributed by atoms with Crippen molar-refractivity contribution in [2.75, 3.05) is 13.1 Å². The first-order chi connectivity index (χ1) is 6.15. The SMILES string of the molecule is CCC(C)C1CCCN(C(C)=O)C1. The van der Waals surface area contributed by atoms with E-state index in [0.29, 0.717) is 0 Å². The molecule has 1 rings (SSSR count). The van der Waals surface area contributed by atoms with Gasteiger partial charge in [-0.15, -0.1) is 0 Å². The minimum atomic E-state index is 0.244. The first-order valence-corrected chi connectivity index (χ1v) is 5.40. The summed E-state index contributed by atoms with van der Waals surface area (Å²) >= 11 is 0. The summed E-state index contributed by atoms with van der Waals surface area (Å²) in [6, 6.07) is 0. The smallest absolute Gasteiger partial charge is 0.219 e. The van der Waals surface area contributed by atoms with E-state index in [9.17, 15) is 4.79 Å². The van der Waals surface area contributed by atoms with Crippen molar-refractivity contribution in [2.24, 2.45) is 11.8 Å². The fourth-order valence-electron chi connectivity index (χ4n) is 2.09. The van der Waals surface area contributed by atoms with E-state index in [1.807, 2.05) is 4.90 Å². The van der Waals surface area contributed by atoms with Crippen molar-refractivity contribution in [3.05, 3.63) is 0 Å². The van der Waals surface area contributed by atoms with E-state index in [1.54, 1.807) is 6.92 Å². The molecule has 0 aromatic rings. The summed E-state index contributed by atoms with van der Waals surface area (Å²) in [6.07, 6.45) is 3.73. The molecule has 1 fully saturated rings. The summed E-state index contributed by atoms with van der Waals surface area (Å²) in [5.74, 6) is 1.75. The van der Waals surface area contributed by atoms with E-state index in [-0.39, 0.29) is 5.91 Å². The van der Waals surface area contributed by atoms with Crippen molar-refractivity contribution >= 4 is 5.91 Å². The first-order valence-electron chi connectivity index (χ1n) is 5.40. The Kier molecular flexibility index (Phi) is 3.76. The summed E-state index contributed by atoms with van der Waals surface area (Å²) in [5, 5.41) is 0. The Hall–Kier alpha value is -0.530. The van der Waals surface area contributed by atoms with Gasteiger partial charge < -0.3 is 4.90 Å². The second-order valence-electron chi connectivity index (χ2n) is 4.25. The van der Waals surface area contributed by atoms with Gasteiger partial charge in [0.15, 0.2) is 0 Å². The highest BCUT2D eigenvalue weighted by molar-refractivity contribution is 5.73. The monoisotopic (exact) mass is 183 g/mol. The molecule has 1 heterocycles. The molecule has 0 spiro atoms. The zero-order chi connectivity index (χ0) is 9.84. The summed E-state index contributed by atoms with van der Waals surface area (Å²) in [6.45, 7) is 8.18. The number of piperidine rings is 1. The van der Waals surface area contributed by atoms with Crippen molar-refractivity contribution in [3.63, 3.8) is 0 Å². The molecule has 13 heavy (non-hydrogen) atoms. The van der Waals surface area contributed by atoms with Crippen LogP contribution in [0.1, 0.15) is 40.0 Å². The van der Waals surface area contributed by atoms with E-state index in [1.165, 1.54) is 19.3 Å². The van der Waals surface area contributed by atoms with E-state index in [4.69, 9.17) is 0 Å². The lowest BCUT2D eigenvalue weighted by Gasteiger charge is -2.35. The summed E-state index contributed by atoms with van der Waals surface area (Å²) in [7, 11) is 0. The molecule has 0 saturated carbocycles. The predicted molar refractivity (Wildman–Crippen MR) is 54.4 cm³/mol. The van der Waals surface area contributed by atoms with E-state index >= 15 is 0 Å². The van der Waals surface area contributed by atoms with Gasteiger partial charge in [0.25, 0.3) is 0 Å². The van der Waals surface area contributed by atoms with Crippen LogP contribution in [-0.4, -0.2) is 23.9 Å². The molecule has 2 atom stereocenters. The molecule has 1 aliphatic heterocycles. The van der Waals surface area contributed by atoms with Crippen LogP contribution >= 0.6 is 0 Å². The fraction of sp³-hybridized carbons (Fsp3) is 0.909. The highest BCUT2D eigenvalue weighted by Gasteiger charge is 2.24. The molecule has 0 N–H and O–H groups in total. The van der Waals surface area contributed by atoms with Crippen molar-refractivity contribution in [1.82, 2.24) is 4.90 Å². The predicted octanol–water partition coefficient (Wildman–Crippen LogP) is 2.29. The number of hydrogen-bond acceptors (Lipinski definition) is 1. The number of carbonyl (C=O) groups is 1. The van der Waals surface area contributed by atoms with E-state index in [0.717, 1.165) is 24.9 Å². The normalized spacial score (nSPS) is 25.8. The van der Waals surface area contributed by atoms with Gasteiger partial charge in [0, 0.05) is 20.0 Å². The number of nitrogens with zero attached hydrogens (tertiary/aromatic N) is 1. The van der Waals surface area contributed by atoms with Crippen molar-refractivity contribution in [1.29, 1.82) is 0 Å². The zero-order valence-corrected chi connectivity index (χ0v) is 9.05. The van der Waals surface area contributed by atoms with Crippen molar-refractivity contribution in [2.45, 2.75) is 40.0 Å². The molecule has 0 aliphatic carbocycles. The number of amides is 1. The van der Waals surface area contributed by atoms with Gasteiger partial charge in [-0.05, 0) is 24.7 Å². The van der Waals surface area contributed by atoms with Crippen LogP contribution in [0.3, 0.4) is 0 Å². The van der Waals surface area contributed by atoms with Crippen LogP contribution in [0.4, 0.5) is 0 Å². The summed E-state index contributed by atoms with van der Waals surface area (Å²) < 4.78 is 0. The lowest BCUT2D eigenvalue weighted by Crippen LogP contribution is -2.40. The zero-order valence-electron chi connectivity index (χ0n) is 9.05. The quantitative estimate of drug-likeness (QED) is 0.643. The maximum Gasteiger partial charge on any atom is 0.219 e. The van der Waals surface area contributed by atoms with Gasteiger partial charge in [-0.1, -0.05) is 20.3 Å². The second-order valence-corrected chi connectivity index (χ2v) is 4.25. The third-order valence-corrected chi connectivity index (χ3v) is 3.35. The van der Waals surface area contributed by atoms with E-state index in [2.05, 4.69) is 13.8 Å². The molecule has 2 unspecified atom stereocenters. The maximum atomic E-state index is 11.2. The number of rotatable bonds is 2. The third-order valence-electron chi connectivity index (χ3n) is 3.35. The third kappa shape index (κ3) is 2.71. The van der Waals surface area contributed by atoms with Crippen LogP contribution in [0.5, 0.6) is 0 Å². The van der Waals surface area contributed by atoms with Gasteiger partial charge >= 0.3 is 0 Å². The molecule has 2 heteroatoms. The summed E-state index contributed by atoms with van der Waals surface area (Å²) in [4.78, 5) is 13.2. The van der Waals surface area contributed by atoms with Crippen LogP contribution in [0.2, 0.25) is 0 Å². The Bertz CT molecular complexity index is 179. The molecule has 1 saturated heterocycles. The highest BCUT2D eigenvalue weighted by atomic mass is 16.2. The molecule has 1 amide bonds. The number of carbonyl (C=O) groups excluding carboxylic acids is 1. The molecule has 0 radical (unpaired) electrons. The molecular formula is C11H21NO. The van der Waals surface area contributed by atoms with Gasteiger partial charge in [0.05, 0.1) is 0 Å². The average Bonchev–Trinajstić information content (AvgIpc) is 2.17. The molecule has 1 aliphatic rings. The average molecular weight is 183 g/mol. The molecule has 2 nitrogen and oxygen atoms in total. The van der Waals surface area contributed by atoms with Crippen LogP contribution in [0.15, 0.2) is 0 Å². The lowest BCUT2D eigenvalue weighted by atomic mass is 9.85. The Labute approximate surface area is 81.3 Å². The van der Waals surface area contributed by atoms with Crippen LogP contribution in [0.25, 0.3) is 0 Å². The topological polar surface area (TPSA) is 20.3 Å². The molecular weight excluding hydrogens is 162 g/mol. The van der Waals surface area contributed by atoms with Crippen LogP contribution in [-0.2, 0) is 4.79 Å². The van der Waals surface area contributed by atoms with Crippen LogP contribution in [0, 0.1) is 11.8 Å². The molecule has 76 valence electrons. The van der Waals surface area contributed by atoms with Gasteiger partial charge in [0.2, 0.25) is 5.91 Å². The minimum absolute atomic E-state index is 0.244. The van der Waals surface area contributed by atoms with Gasteiger partial charge in [0.1, 0.15) is 0 Å². The summed E-state index contributed by atoms with van der Waals surface area (Å²) in [5.41, 5.74) is 0. The number of hydrogen-bond donors (Lipinski definition) is 0. The van der Waals surface area contributed by atoms with Crippen molar-refractivity contribution < 1.29 is 4.79 Å².